The summed E-state index contributed by atoms with van der Waals surface area (Å²) in [6.45, 7) is 3.51. The maximum Gasteiger partial charge on any atom is 0.286 e. The molecule has 2 aliphatic rings. The minimum atomic E-state index is -0.253. The van der Waals surface area contributed by atoms with E-state index in [1.54, 1.807) is 0 Å². The number of benzene rings is 2. The molecule has 1 fully saturated rings. The second-order valence-electron chi connectivity index (χ2n) is 9.06. The Bertz CT molecular complexity index is 1340. The van der Waals surface area contributed by atoms with Crippen LogP contribution in [0.3, 0.4) is 0 Å². The van der Waals surface area contributed by atoms with Crippen LogP contribution in [-0.2, 0) is 9.59 Å². The van der Waals surface area contributed by atoms with Crippen LogP contribution in [0.25, 0.3) is 23.0 Å². The van der Waals surface area contributed by atoms with Gasteiger partial charge >= 0.3 is 0 Å². The molecule has 0 radical (unpaired) electrons. The molecular weight excluding hydrogens is 502 g/mol. The molecule has 2 N–H and O–H groups in total. The predicted octanol–water partition coefficient (Wildman–Crippen LogP) is 5.21. The number of nitrogens with zero attached hydrogens (tertiary/aromatic N) is 4. The number of rotatable bonds is 7. The molecule has 2 aliphatic heterocycles. The molecule has 9 heteroatoms. The van der Waals surface area contributed by atoms with Gasteiger partial charge in [0.1, 0.15) is 0 Å². The average Bonchev–Trinajstić information content (AvgIpc) is 3.52. The highest BCUT2D eigenvalue weighted by Crippen LogP contribution is 2.35. The summed E-state index contributed by atoms with van der Waals surface area (Å²) in [6.07, 6.45) is 6.35. The molecule has 2 amide bonds. The summed E-state index contributed by atoms with van der Waals surface area (Å²) in [5.74, 6) is 0.479. The van der Waals surface area contributed by atoms with Crippen LogP contribution < -0.4 is 5.73 Å². The summed E-state index contributed by atoms with van der Waals surface area (Å²) in [5.41, 5.74) is 9.08. The van der Waals surface area contributed by atoms with Crippen LogP contribution in [0.2, 0.25) is 0 Å². The van der Waals surface area contributed by atoms with E-state index in [1.165, 1.54) is 16.7 Å². The van der Waals surface area contributed by atoms with Crippen molar-refractivity contribution in [3.05, 3.63) is 71.3 Å². The Labute approximate surface area is 225 Å². The molecule has 5 rings (SSSR count). The van der Waals surface area contributed by atoms with Gasteiger partial charge in [-0.15, -0.1) is 11.8 Å². The summed E-state index contributed by atoms with van der Waals surface area (Å²) in [4.78, 5) is 32.6. The summed E-state index contributed by atoms with van der Waals surface area (Å²) >= 11 is 3.22. The van der Waals surface area contributed by atoms with Crippen molar-refractivity contribution in [1.82, 2.24) is 14.7 Å². The predicted molar refractivity (Wildman–Crippen MR) is 152 cm³/mol. The van der Waals surface area contributed by atoms with Crippen LogP contribution in [0.4, 0.5) is 0 Å². The highest BCUT2D eigenvalue weighted by molar-refractivity contribution is 8.18. The Morgan fingerprint density at radius 2 is 1.86 bits per heavy atom. The largest absolute Gasteiger partial charge is 0.369 e. The number of para-hydroxylation sites is 1. The number of carbonyl (C=O) groups is 2. The van der Waals surface area contributed by atoms with Crippen molar-refractivity contribution < 1.29 is 9.59 Å². The van der Waals surface area contributed by atoms with E-state index in [-0.39, 0.29) is 17.7 Å². The Hall–Kier alpha value is -3.30. The van der Waals surface area contributed by atoms with Crippen LogP contribution in [-0.4, -0.2) is 50.5 Å². The van der Waals surface area contributed by atoms with Gasteiger partial charge < -0.3 is 10.6 Å². The fourth-order valence-electron chi connectivity index (χ4n) is 4.39. The lowest BCUT2D eigenvalue weighted by atomic mass is 9.97. The number of thioether (sulfide) groups is 2. The van der Waals surface area contributed by atoms with Gasteiger partial charge in [-0.2, -0.15) is 10.1 Å². The van der Waals surface area contributed by atoms with E-state index in [0.717, 1.165) is 34.7 Å². The summed E-state index contributed by atoms with van der Waals surface area (Å²) in [6, 6.07) is 18.4. The second-order valence-corrected chi connectivity index (χ2v) is 11.2. The molecule has 0 unspecified atom stereocenters. The number of primary amides is 1. The molecule has 0 atom stereocenters. The van der Waals surface area contributed by atoms with Gasteiger partial charge in [0.05, 0.1) is 16.3 Å². The van der Waals surface area contributed by atoms with Crippen LogP contribution in [0.15, 0.2) is 75.6 Å². The molecule has 0 bridgehead atoms. The third kappa shape index (κ3) is 5.83. The van der Waals surface area contributed by atoms with Gasteiger partial charge in [-0.3, -0.25) is 9.59 Å². The number of aromatic nitrogens is 2. The van der Waals surface area contributed by atoms with Gasteiger partial charge in [0.25, 0.3) is 5.91 Å². The van der Waals surface area contributed by atoms with E-state index < -0.39 is 0 Å². The monoisotopic (exact) mass is 531 g/mol. The maximum atomic E-state index is 12.9. The molecule has 0 saturated carbocycles. The average molecular weight is 532 g/mol. The van der Waals surface area contributed by atoms with Crippen molar-refractivity contribution in [2.45, 2.75) is 31.1 Å². The fraction of sp³-hybridized carbons (Fsp3) is 0.286. The highest BCUT2D eigenvalue weighted by Gasteiger charge is 2.31. The normalized spacial score (nSPS) is 17.4. The Morgan fingerprint density at radius 1 is 1.14 bits per heavy atom. The third-order valence-corrected chi connectivity index (χ3v) is 8.69. The Kier molecular flexibility index (Phi) is 7.81. The minimum absolute atomic E-state index is 0.105. The molecule has 2 aromatic carbocycles. The molecule has 37 heavy (non-hydrogen) atoms. The molecule has 7 nitrogen and oxygen atoms in total. The molecule has 1 aromatic heterocycles. The molecular formula is C28H29N5O2S2. The molecule has 3 aromatic rings. The van der Waals surface area contributed by atoms with Crippen LogP contribution in [0.1, 0.15) is 31.7 Å². The number of amides is 2. The van der Waals surface area contributed by atoms with Crippen LogP contribution in [0, 0.1) is 5.92 Å². The zero-order valence-corrected chi connectivity index (χ0v) is 22.3. The lowest BCUT2D eigenvalue weighted by Gasteiger charge is -2.31. The Morgan fingerprint density at radius 3 is 2.54 bits per heavy atom. The number of likely N-dealkylation sites (tertiary alicyclic amines) is 1. The molecule has 3 heterocycles. The van der Waals surface area contributed by atoms with E-state index in [4.69, 9.17) is 10.8 Å². The van der Waals surface area contributed by atoms with Gasteiger partial charge in [0.15, 0.2) is 5.17 Å². The quantitative estimate of drug-likeness (QED) is 0.332. The first-order chi connectivity index (χ1) is 18.0. The van der Waals surface area contributed by atoms with Gasteiger partial charge in [0.2, 0.25) is 5.91 Å². The first-order valence-electron chi connectivity index (χ1n) is 12.5. The van der Waals surface area contributed by atoms with Crippen molar-refractivity contribution >= 4 is 46.6 Å². The maximum absolute atomic E-state index is 12.9. The number of amidine groups is 1. The van der Waals surface area contributed by atoms with Crippen LogP contribution in [0.5, 0.6) is 0 Å². The topological polar surface area (TPSA) is 93.6 Å². The smallest absolute Gasteiger partial charge is 0.286 e. The first kappa shape index (κ1) is 25.4. The lowest BCUT2D eigenvalue weighted by Crippen LogP contribution is -2.40. The molecule has 0 aliphatic carbocycles. The van der Waals surface area contributed by atoms with Crippen molar-refractivity contribution in [2.75, 3.05) is 18.8 Å². The molecule has 190 valence electrons. The Balaban J connectivity index is 1.42. The SMILES string of the molecule is CCCSc1ccc(-c2nn(-c3ccccc3)cc2/C=C2/SC(N3CCC(C(N)=O)CC3)=NC2=O)cc1. The number of aliphatic imine (C=N–C) groups is 1. The second kappa shape index (κ2) is 11.4. The van der Waals surface area contributed by atoms with E-state index in [2.05, 4.69) is 41.1 Å². The standard InChI is InChI=1S/C28H29N5O2S2/c1-2-16-36-23-10-8-19(9-11-23)25-21(18-33(31-25)22-6-4-3-5-7-22)17-24-27(35)30-28(37-24)32-14-12-20(13-15-32)26(29)34/h3-11,17-18,20H,2,12-16H2,1H3,(H2,29,34)/b24-17+. The highest BCUT2D eigenvalue weighted by atomic mass is 32.2. The van der Waals surface area contributed by atoms with Crippen molar-refractivity contribution in [1.29, 1.82) is 0 Å². The van der Waals surface area contributed by atoms with E-state index in [9.17, 15) is 9.59 Å². The van der Waals surface area contributed by atoms with Gasteiger partial charge in [0, 0.05) is 41.2 Å². The van der Waals surface area contributed by atoms with E-state index in [0.29, 0.717) is 36.0 Å². The van der Waals surface area contributed by atoms with Crippen molar-refractivity contribution in [2.24, 2.45) is 16.6 Å². The number of hydrogen-bond donors (Lipinski definition) is 1. The number of piperidine rings is 1. The summed E-state index contributed by atoms with van der Waals surface area (Å²) in [5, 5.41) is 5.58. The van der Waals surface area contributed by atoms with Gasteiger partial charge in [-0.25, -0.2) is 4.68 Å². The lowest BCUT2D eigenvalue weighted by molar-refractivity contribution is -0.123. The third-order valence-electron chi connectivity index (χ3n) is 6.43. The van der Waals surface area contributed by atoms with Crippen molar-refractivity contribution in [3.63, 3.8) is 0 Å². The number of carbonyl (C=O) groups excluding carboxylic acids is 2. The van der Waals surface area contributed by atoms with Crippen molar-refractivity contribution in [3.8, 4) is 16.9 Å². The summed E-state index contributed by atoms with van der Waals surface area (Å²) < 4.78 is 1.85. The van der Waals surface area contributed by atoms with Crippen LogP contribution >= 0.6 is 23.5 Å². The van der Waals surface area contributed by atoms with Gasteiger partial charge in [-0.1, -0.05) is 37.3 Å². The number of hydrogen-bond acceptors (Lipinski definition) is 6. The fourth-order valence-corrected chi connectivity index (χ4v) is 6.11. The van der Waals surface area contributed by atoms with E-state index >= 15 is 0 Å². The van der Waals surface area contributed by atoms with Gasteiger partial charge in [-0.05, 0) is 67.1 Å². The number of nitrogens with two attached hydrogens (primary N) is 1. The molecule has 1 saturated heterocycles. The summed E-state index contributed by atoms with van der Waals surface area (Å²) in [7, 11) is 0. The first-order valence-corrected chi connectivity index (χ1v) is 14.3. The van der Waals surface area contributed by atoms with E-state index in [1.807, 2.05) is 59.0 Å². The zero-order chi connectivity index (χ0) is 25.8. The zero-order valence-electron chi connectivity index (χ0n) is 20.7. The molecule has 0 spiro atoms. The minimum Gasteiger partial charge on any atom is -0.369 e.